The molecule has 0 atom stereocenters. The lowest BCUT2D eigenvalue weighted by Crippen LogP contribution is -2.39. The minimum atomic E-state index is -0.591. The van der Waals surface area contributed by atoms with Gasteiger partial charge in [-0.1, -0.05) is 5.16 Å². The van der Waals surface area contributed by atoms with Crippen LogP contribution in [-0.4, -0.2) is 38.3 Å². The quantitative estimate of drug-likeness (QED) is 0.490. The summed E-state index contributed by atoms with van der Waals surface area (Å²) in [6.07, 6.45) is 4.90. The maximum Gasteiger partial charge on any atom is 0.187 e. The highest BCUT2D eigenvalue weighted by molar-refractivity contribution is 5.68. The summed E-state index contributed by atoms with van der Waals surface area (Å²) in [6, 6.07) is 14.9. The highest BCUT2D eigenvalue weighted by Crippen LogP contribution is 2.34. The average Bonchev–Trinajstić information content (AvgIpc) is 3.35. The zero-order valence-corrected chi connectivity index (χ0v) is 18.1. The van der Waals surface area contributed by atoms with Gasteiger partial charge in [-0.3, -0.25) is 9.97 Å². The first-order chi connectivity index (χ1) is 16.1. The molecule has 1 fully saturated rings. The molecule has 4 aromatic rings. The number of nitrogens with one attached hydrogen (secondary N) is 1. The molecule has 0 saturated carbocycles. The molecule has 0 radical (unpaired) electrons. The molecule has 0 aliphatic carbocycles. The molecule has 0 amide bonds. The van der Waals surface area contributed by atoms with Crippen molar-refractivity contribution in [2.75, 3.05) is 13.1 Å². The van der Waals surface area contributed by atoms with Gasteiger partial charge >= 0.3 is 0 Å². The summed E-state index contributed by atoms with van der Waals surface area (Å²) in [4.78, 5) is 13.9. The van der Waals surface area contributed by atoms with Gasteiger partial charge in [-0.25, -0.2) is 4.98 Å². The van der Waals surface area contributed by atoms with E-state index in [1.54, 1.807) is 36.7 Å². The molecule has 0 spiro atoms. The zero-order valence-electron chi connectivity index (χ0n) is 18.1. The van der Waals surface area contributed by atoms with Crippen LogP contribution in [0.1, 0.15) is 24.2 Å². The van der Waals surface area contributed by atoms with Gasteiger partial charge < -0.3 is 14.9 Å². The number of rotatable bonds is 4. The fraction of sp³-hybridized carbons (Fsp3) is 0.240. The number of phenols is 1. The first kappa shape index (κ1) is 20.8. The number of benzene rings is 1. The van der Waals surface area contributed by atoms with Gasteiger partial charge in [0.15, 0.2) is 5.76 Å². The summed E-state index contributed by atoms with van der Waals surface area (Å²) in [5.41, 5.74) is 4.48. The Morgan fingerprint density at radius 1 is 1.03 bits per heavy atom. The van der Waals surface area contributed by atoms with Crippen LogP contribution in [-0.2, 0) is 5.41 Å². The van der Waals surface area contributed by atoms with Crippen molar-refractivity contribution in [3.8, 4) is 45.8 Å². The van der Waals surface area contributed by atoms with E-state index in [0.29, 0.717) is 28.5 Å². The normalized spacial score (nSPS) is 15.2. The smallest absolute Gasteiger partial charge is 0.187 e. The van der Waals surface area contributed by atoms with Crippen LogP contribution < -0.4 is 5.32 Å². The van der Waals surface area contributed by atoms with Crippen molar-refractivity contribution in [2.24, 2.45) is 0 Å². The van der Waals surface area contributed by atoms with E-state index in [-0.39, 0.29) is 5.75 Å². The second-order valence-electron chi connectivity index (χ2n) is 8.19. The van der Waals surface area contributed by atoms with Gasteiger partial charge in [0.25, 0.3) is 0 Å². The fourth-order valence-electron chi connectivity index (χ4n) is 4.11. The number of nitriles is 1. The lowest BCUT2D eigenvalue weighted by molar-refractivity contribution is 0.375. The van der Waals surface area contributed by atoms with Crippen LogP contribution in [0.25, 0.3) is 34.0 Å². The second-order valence-corrected chi connectivity index (χ2v) is 8.19. The Balaban J connectivity index is 1.50. The van der Waals surface area contributed by atoms with Crippen molar-refractivity contribution in [3.05, 3.63) is 66.2 Å². The van der Waals surface area contributed by atoms with Crippen LogP contribution in [0.4, 0.5) is 0 Å². The molecule has 1 aromatic carbocycles. The predicted octanol–water partition coefficient (Wildman–Crippen LogP) is 4.02. The Hall–Kier alpha value is -4.09. The van der Waals surface area contributed by atoms with E-state index >= 15 is 0 Å². The summed E-state index contributed by atoms with van der Waals surface area (Å²) < 4.78 is 5.58. The maximum atomic E-state index is 9.92. The van der Waals surface area contributed by atoms with Crippen LogP contribution in [0.3, 0.4) is 0 Å². The summed E-state index contributed by atoms with van der Waals surface area (Å²) >= 11 is 0. The predicted molar refractivity (Wildman–Crippen MR) is 122 cm³/mol. The molecule has 1 saturated heterocycles. The number of nitrogens with zero attached hydrogens (tertiary/aromatic N) is 5. The molecule has 1 aliphatic rings. The van der Waals surface area contributed by atoms with Crippen molar-refractivity contribution < 1.29 is 9.63 Å². The van der Waals surface area contributed by atoms with Gasteiger partial charge in [0.1, 0.15) is 22.6 Å². The number of aromatic hydroxyl groups is 1. The average molecular weight is 438 g/mol. The summed E-state index contributed by atoms with van der Waals surface area (Å²) in [6.45, 7) is 3.46. The topological polar surface area (TPSA) is 121 Å². The molecule has 3 aromatic heterocycles. The number of aromatic nitrogens is 4. The molecule has 33 heavy (non-hydrogen) atoms. The number of hydrogen-bond donors (Lipinski definition) is 2. The van der Waals surface area contributed by atoms with Crippen LogP contribution in [0, 0.1) is 18.3 Å². The third-order valence-electron chi connectivity index (χ3n) is 6.08. The van der Waals surface area contributed by atoms with Crippen molar-refractivity contribution in [1.82, 2.24) is 25.4 Å². The van der Waals surface area contributed by atoms with Gasteiger partial charge in [0, 0.05) is 23.4 Å². The van der Waals surface area contributed by atoms with E-state index in [9.17, 15) is 10.4 Å². The molecule has 4 heterocycles. The monoisotopic (exact) mass is 438 g/mol. The van der Waals surface area contributed by atoms with Gasteiger partial charge in [-0.2, -0.15) is 5.26 Å². The molecule has 2 N–H and O–H groups in total. The summed E-state index contributed by atoms with van der Waals surface area (Å²) in [7, 11) is 0. The Labute approximate surface area is 191 Å². The molecule has 5 rings (SSSR count). The molecule has 0 bridgehead atoms. The first-order valence-corrected chi connectivity index (χ1v) is 10.8. The van der Waals surface area contributed by atoms with Crippen LogP contribution in [0.5, 0.6) is 5.75 Å². The Bertz CT molecular complexity index is 1330. The van der Waals surface area contributed by atoms with E-state index in [2.05, 4.69) is 26.5 Å². The third-order valence-corrected chi connectivity index (χ3v) is 6.08. The number of piperidine rings is 1. The zero-order chi connectivity index (χ0) is 22.8. The number of phenolic OH excluding ortho intramolecular Hbond substituents is 1. The van der Waals surface area contributed by atoms with Crippen molar-refractivity contribution in [2.45, 2.75) is 25.2 Å². The number of pyridine rings is 1. The van der Waals surface area contributed by atoms with E-state index in [1.165, 1.54) is 0 Å². The van der Waals surface area contributed by atoms with E-state index in [0.717, 1.165) is 42.8 Å². The van der Waals surface area contributed by atoms with Crippen LogP contribution in [0.15, 0.2) is 59.4 Å². The van der Waals surface area contributed by atoms with Gasteiger partial charge in [-0.05, 0) is 69.3 Å². The molecule has 0 unspecified atom stereocenters. The van der Waals surface area contributed by atoms with Crippen molar-refractivity contribution in [1.29, 1.82) is 5.26 Å². The minimum Gasteiger partial charge on any atom is -0.508 e. The molecule has 164 valence electrons. The van der Waals surface area contributed by atoms with Crippen LogP contribution in [0.2, 0.25) is 0 Å². The second kappa shape index (κ2) is 8.45. The summed E-state index contributed by atoms with van der Waals surface area (Å²) in [5.74, 6) is 0.697. The molecular weight excluding hydrogens is 416 g/mol. The minimum absolute atomic E-state index is 0.191. The molecular formula is C25H22N6O2. The maximum absolute atomic E-state index is 9.92. The largest absolute Gasteiger partial charge is 0.508 e. The lowest BCUT2D eigenvalue weighted by atomic mass is 9.77. The van der Waals surface area contributed by atoms with Gasteiger partial charge in [-0.15, -0.1) is 0 Å². The Kier molecular flexibility index (Phi) is 5.32. The number of hydrogen-bond acceptors (Lipinski definition) is 8. The number of aryl methyl sites for hydroxylation is 1. The molecule has 8 heteroatoms. The standard InChI is InChI=1S/C25H22N6O2/c1-16-24(22-13-20(31-33-22)17-2-4-19(32)5-3-17)30-21(14-29-16)18-6-9-28-23(12-18)25(15-26)7-10-27-11-8-25/h2-6,9,12-14,27,32H,7-8,10-11H2,1H3. The third kappa shape index (κ3) is 3.95. The van der Waals surface area contributed by atoms with Crippen LogP contribution >= 0.6 is 0 Å². The summed E-state index contributed by atoms with van der Waals surface area (Å²) in [5, 5.41) is 26.9. The lowest BCUT2D eigenvalue weighted by Gasteiger charge is -2.30. The van der Waals surface area contributed by atoms with E-state index < -0.39 is 5.41 Å². The Morgan fingerprint density at radius 3 is 2.58 bits per heavy atom. The van der Waals surface area contributed by atoms with Crippen molar-refractivity contribution in [3.63, 3.8) is 0 Å². The highest BCUT2D eigenvalue weighted by atomic mass is 16.5. The van der Waals surface area contributed by atoms with Crippen molar-refractivity contribution >= 4 is 0 Å². The van der Waals surface area contributed by atoms with E-state index in [4.69, 9.17) is 9.51 Å². The highest BCUT2D eigenvalue weighted by Gasteiger charge is 2.35. The molecule has 1 aliphatic heterocycles. The van der Waals surface area contributed by atoms with Gasteiger partial charge in [0.05, 0.1) is 29.3 Å². The van der Waals surface area contributed by atoms with Gasteiger partial charge in [0.2, 0.25) is 0 Å². The molecule has 8 nitrogen and oxygen atoms in total. The first-order valence-electron chi connectivity index (χ1n) is 10.8. The Morgan fingerprint density at radius 2 is 1.82 bits per heavy atom. The SMILES string of the molecule is Cc1ncc(-c2ccnc(C3(C#N)CCNCC3)c2)nc1-c1cc(-c2ccc(O)cc2)no1. The fourth-order valence-corrected chi connectivity index (χ4v) is 4.11. The van der Waals surface area contributed by atoms with E-state index in [1.807, 2.05) is 25.1 Å².